The molecule has 0 unspecified atom stereocenters. The van der Waals surface area contributed by atoms with Crippen molar-refractivity contribution in [1.82, 2.24) is 29.7 Å². The molecule has 0 saturated carbocycles. The van der Waals surface area contributed by atoms with Crippen LogP contribution < -0.4 is 15.1 Å². The number of benzene rings is 2. The zero-order valence-electron chi connectivity index (χ0n) is 26.3. The molecule has 2 N–H and O–H groups in total. The number of piperazine rings is 1. The summed E-state index contributed by atoms with van der Waals surface area (Å²) in [5.41, 5.74) is 6.24. The summed E-state index contributed by atoms with van der Waals surface area (Å²) in [6, 6.07) is 14.6. The lowest BCUT2D eigenvalue weighted by Crippen LogP contribution is -2.48. The molecule has 5 heterocycles. The Morgan fingerprint density at radius 2 is 1.74 bits per heavy atom. The molecular formula is C34H36FN9O2. The third-order valence-corrected chi connectivity index (χ3v) is 8.74. The average molecular weight is 622 g/mol. The lowest BCUT2D eigenvalue weighted by Gasteiger charge is -2.35. The van der Waals surface area contributed by atoms with E-state index in [1.165, 1.54) is 6.07 Å². The van der Waals surface area contributed by atoms with Crippen LogP contribution in [0.4, 0.5) is 21.6 Å². The van der Waals surface area contributed by atoms with Crippen molar-refractivity contribution in [2.24, 2.45) is 0 Å². The summed E-state index contributed by atoms with van der Waals surface area (Å²) >= 11 is 0. The first-order valence-electron chi connectivity index (χ1n) is 15.4. The molecule has 5 aromatic rings. The van der Waals surface area contributed by atoms with Crippen molar-refractivity contribution in [1.29, 1.82) is 0 Å². The van der Waals surface area contributed by atoms with Gasteiger partial charge in [-0.1, -0.05) is 32.9 Å². The standard InChI is InChI=1S/C34H36FN9O2/c1-21(45)41-10-12-42(13-11-41)27-7-5-6-26(15-27)38-33(46)31-30(34(2,3)4)32-39-29(16-28(44(32)40-31)24-17-36-37-18-24)43-19-22-8-9-25(35)14-23(22)20-43/h5-9,14-18H,10-13,19-20H2,1-4H3,(H,36,37)(H,38,46). The highest BCUT2D eigenvalue weighted by atomic mass is 19.1. The van der Waals surface area contributed by atoms with Crippen LogP contribution in [0.2, 0.25) is 0 Å². The lowest BCUT2D eigenvalue weighted by atomic mass is 9.86. The van der Waals surface area contributed by atoms with Gasteiger partial charge in [-0.15, -0.1) is 0 Å². The lowest BCUT2D eigenvalue weighted by molar-refractivity contribution is -0.129. The van der Waals surface area contributed by atoms with Crippen LogP contribution in [0, 0.1) is 5.82 Å². The molecule has 236 valence electrons. The molecule has 46 heavy (non-hydrogen) atoms. The van der Waals surface area contributed by atoms with Crippen LogP contribution in [-0.4, -0.2) is 67.7 Å². The summed E-state index contributed by atoms with van der Waals surface area (Å²) in [6.07, 6.45) is 3.50. The number of rotatable bonds is 5. The number of amides is 2. The SMILES string of the molecule is CC(=O)N1CCN(c2cccc(NC(=O)c3nn4c(-c5cn[nH]c5)cc(N5Cc6ccc(F)cc6C5)nc4c3C(C)(C)C)c2)CC1. The van der Waals surface area contributed by atoms with Crippen molar-refractivity contribution in [3.8, 4) is 11.3 Å². The van der Waals surface area contributed by atoms with Crippen molar-refractivity contribution in [2.45, 2.75) is 46.2 Å². The first-order valence-corrected chi connectivity index (χ1v) is 15.4. The average Bonchev–Trinajstić information content (AvgIpc) is 3.79. The predicted octanol–water partition coefficient (Wildman–Crippen LogP) is 5.00. The maximum Gasteiger partial charge on any atom is 0.276 e. The Hall–Kier alpha value is -5.26. The van der Waals surface area contributed by atoms with Gasteiger partial charge in [0.1, 0.15) is 11.6 Å². The van der Waals surface area contributed by atoms with E-state index in [1.54, 1.807) is 29.9 Å². The van der Waals surface area contributed by atoms with E-state index < -0.39 is 5.41 Å². The van der Waals surface area contributed by atoms with Crippen molar-refractivity contribution in [2.75, 3.05) is 41.3 Å². The molecule has 0 aliphatic carbocycles. The van der Waals surface area contributed by atoms with Gasteiger partial charge in [0.05, 0.1) is 11.9 Å². The number of aromatic nitrogens is 5. The zero-order valence-corrected chi connectivity index (χ0v) is 26.3. The molecule has 11 nitrogen and oxygen atoms in total. The van der Waals surface area contributed by atoms with E-state index >= 15 is 0 Å². The van der Waals surface area contributed by atoms with E-state index in [1.807, 2.05) is 62.1 Å². The van der Waals surface area contributed by atoms with E-state index in [9.17, 15) is 14.0 Å². The van der Waals surface area contributed by atoms with Crippen LogP contribution in [0.15, 0.2) is 60.9 Å². The highest BCUT2D eigenvalue weighted by Gasteiger charge is 2.32. The fourth-order valence-corrected chi connectivity index (χ4v) is 6.39. The highest BCUT2D eigenvalue weighted by Crippen LogP contribution is 2.36. The van der Waals surface area contributed by atoms with Gasteiger partial charge in [0.15, 0.2) is 11.3 Å². The molecule has 2 aromatic carbocycles. The van der Waals surface area contributed by atoms with Gasteiger partial charge in [0.25, 0.3) is 5.91 Å². The minimum absolute atomic E-state index is 0.0845. The fourth-order valence-electron chi connectivity index (χ4n) is 6.39. The second-order valence-electron chi connectivity index (χ2n) is 13.0. The minimum atomic E-state index is -0.483. The molecule has 0 bridgehead atoms. The summed E-state index contributed by atoms with van der Waals surface area (Å²) in [4.78, 5) is 37.1. The normalized spacial score (nSPS) is 15.0. The van der Waals surface area contributed by atoms with Gasteiger partial charge < -0.3 is 20.0 Å². The number of hydrogen-bond acceptors (Lipinski definition) is 7. The number of nitrogens with zero attached hydrogens (tertiary/aromatic N) is 7. The van der Waals surface area contributed by atoms with E-state index in [4.69, 9.17) is 10.1 Å². The number of fused-ring (bicyclic) bond motifs is 2. The molecule has 1 saturated heterocycles. The van der Waals surface area contributed by atoms with Gasteiger partial charge in [0, 0.05) is 81.0 Å². The summed E-state index contributed by atoms with van der Waals surface area (Å²) in [5.74, 6) is 0.194. The highest BCUT2D eigenvalue weighted by molar-refractivity contribution is 6.05. The van der Waals surface area contributed by atoms with Crippen molar-refractivity contribution < 1.29 is 14.0 Å². The zero-order chi connectivity index (χ0) is 32.2. The largest absolute Gasteiger partial charge is 0.368 e. The Labute approximate surface area is 266 Å². The Kier molecular flexibility index (Phi) is 7.22. The second-order valence-corrected chi connectivity index (χ2v) is 13.0. The second kappa shape index (κ2) is 11.3. The summed E-state index contributed by atoms with van der Waals surface area (Å²) in [5, 5.41) is 15.0. The monoisotopic (exact) mass is 621 g/mol. The molecule has 0 atom stereocenters. The topological polar surface area (TPSA) is 115 Å². The van der Waals surface area contributed by atoms with E-state index in [0.717, 1.165) is 46.7 Å². The Morgan fingerprint density at radius 3 is 2.46 bits per heavy atom. The number of H-pyrrole nitrogens is 1. The molecule has 0 spiro atoms. The van der Waals surface area contributed by atoms with Gasteiger partial charge in [-0.25, -0.2) is 13.9 Å². The van der Waals surface area contributed by atoms with Gasteiger partial charge >= 0.3 is 0 Å². The van der Waals surface area contributed by atoms with Gasteiger partial charge in [-0.05, 0) is 46.9 Å². The van der Waals surface area contributed by atoms with E-state index in [2.05, 4.69) is 25.3 Å². The fraction of sp³-hybridized carbons (Fsp3) is 0.324. The smallest absolute Gasteiger partial charge is 0.276 e. The van der Waals surface area contributed by atoms with Crippen LogP contribution in [0.1, 0.15) is 54.9 Å². The number of hydrogen-bond donors (Lipinski definition) is 2. The van der Waals surface area contributed by atoms with Gasteiger partial charge in [-0.2, -0.15) is 10.2 Å². The number of halogens is 1. The maximum atomic E-state index is 14.0. The summed E-state index contributed by atoms with van der Waals surface area (Å²) < 4.78 is 15.7. The third-order valence-electron chi connectivity index (χ3n) is 8.74. The Morgan fingerprint density at radius 1 is 0.957 bits per heavy atom. The number of nitrogens with one attached hydrogen (secondary N) is 2. The Balaban J connectivity index is 1.25. The molecular weight excluding hydrogens is 585 g/mol. The number of carbonyl (C=O) groups is 2. The van der Waals surface area contributed by atoms with Crippen molar-refractivity contribution >= 4 is 34.7 Å². The molecule has 12 heteroatoms. The molecule has 7 rings (SSSR count). The van der Waals surface area contributed by atoms with Crippen LogP contribution in [0.5, 0.6) is 0 Å². The Bertz CT molecular complexity index is 1950. The molecule has 2 amide bonds. The quantitative estimate of drug-likeness (QED) is 0.284. The summed E-state index contributed by atoms with van der Waals surface area (Å²) in [6.45, 7) is 11.6. The predicted molar refractivity (Wildman–Crippen MR) is 174 cm³/mol. The van der Waals surface area contributed by atoms with Gasteiger partial charge in [0.2, 0.25) is 5.91 Å². The molecule has 0 radical (unpaired) electrons. The number of carbonyl (C=O) groups excluding carboxylic acids is 2. The number of aromatic amines is 1. The van der Waals surface area contributed by atoms with Crippen molar-refractivity contribution in [3.63, 3.8) is 0 Å². The van der Waals surface area contributed by atoms with Gasteiger partial charge in [-0.3, -0.25) is 14.7 Å². The van der Waals surface area contributed by atoms with Crippen LogP contribution in [0.25, 0.3) is 16.9 Å². The maximum absolute atomic E-state index is 14.0. The minimum Gasteiger partial charge on any atom is -0.368 e. The van der Waals surface area contributed by atoms with Crippen LogP contribution in [0.3, 0.4) is 0 Å². The molecule has 2 aliphatic heterocycles. The van der Waals surface area contributed by atoms with Crippen LogP contribution in [-0.2, 0) is 23.3 Å². The third kappa shape index (κ3) is 5.44. The van der Waals surface area contributed by atoms with Crippen LogP contribution >= 0.6 is 0 Å². The first kappa shape index (κ1) is 29.5. The summed E-state index contributed by atoms with van der Waals surface area (Å²) in [7, 11) is 0. The number of anilines is 3. The van der Waals surface area contributed by atoms with E-state index in [0.29, 0.717) is 43.3 Å². The first-order chi connectivity index (χ1) is 22.0. The van der Waals surface area contributed by atoms with Crippen molar-refractivity contribution in [3.05, 3.63) is 89.1 Å². The molecule has 1 fully saturated rings. The molecule has 3 aromatic heterocycles. The van der Waals surface area contributed by atoms with E-state index in [-0.39, 0.29) is 23.3 Å². The molecule has 2 aliphatic rings.